The van der Waals surface area contributed by atoms with Crippen LogP contribution in [0.5, 0.6) is 11.6 Å². The maximum Gasteiger partial charge on any atom is 0.213 e. The molecule has 1 heterocycles. The summed E-state index contributed by atoms with van der Waals surface area (Å²) in [6.07, 6.45) is 3.73. The molecule has 1 aromatic heterocycles. The summed E-state index contributed by atoms with van der Waals surface area (Å²) in [5.41, 5.74) is 1.79. The molecule has 1 atom stereocenters. The molecule has 1 aliphatic carbocycles. The fourth-order valence-corrected chi connectivity index (χ4v) is 2.97. The van der Waals surface area contributed by atoms with Gasteiger partial charge in [0, 0.05) is 25.4 Å². The Morgan fingerprint density at radius 1 is 1.23 bits per heavy atom. The van der Waals surface area contributed by atoms with E-state index >= 15 is 0 Å². The maximum atomic E-state index is 10.6. The summed E-state index contributed by atoms with van der Waals surface area (Å²) in [5, 5.41) is 17.0. The van der Waals surface area contributed by atoms with Crippen molar-refractivity contribution in [1.29, 1.82) is 0 Å². The number of aliphatic hydroxyl groups is 1. The predicted octanol–water partition coefficient (Wildman–Crippen LogP) is 3.45. The monoisotopic (exact) mass is 426 g/mol. The van der Waals surface area contributed by atoms with Crippen molar-refractivity contribution in [3.63, 3.8) is 0 Å². The highest BCUT2D eigenvalue weighted by atomic mass is 16.5. The Bertz CT molecular complexity index is 835. The van der Waals surface area contributed by atoms with E-state index in [0.29, 0.717) is 30.8 Å². The zero-order valence-electron chi connectivity index (χ0n) is 18.7. The maximum absolute atomic E-state index is 10.6. The van der Waals surface area contributed by atoms with Gasteiger partial charge in [-0.15, -0.1) is 0 Å². The van der Waals surface area contributed by atoms with Crippen molar-refractivity contribution < 1.29 is 14.6 Å². The van der Waals surface area contributed by atoms with Gasteiger partial charge in [-0.2, -0.15) is 0 Å². The molecule has 31 heavy (non-hydrogen) atoms. The van der Waals surface area contributed by atoms with Gasteiger partial charge >= 0.3 is 0 Å². The average Bonchev–Trinajstić information content (AvgIpc) is 3.59. The van der Waals surface area contributed by atoms with E-state index < -0.39 is 6.10 Å². The third kappa shape index (κ3) is 8.09. The first-order chi connectivity index (χ1) is 15.0. The van der Waals surface area contributed by atoms with Crippen LogP contribution in [-0.4, -0.2) is 41.9 Å². The average molecular weight is 427 g/mol. The van der Waals surface area contributed by atoms with Crippen molar-refractivity contribution in [2.75, 3.05) is 19.7 Å². The second-order valence-corrected chi connectivity index (χ2v) is 8.09. The van der Waals surface area contributed by atoms with Crippen molar-refractivity contribution >= 4 is 5.96 Å². The lowest BCUT2D eigenvalue weighted by molar-refractivity contribution is 0.179. The molecule has 2 aromatic rings. The molecular weight excluding hydrogens is 392 g/mol. The number of nitrogens with zero attached hydrogens (tertiary/aromatic N) is 2. The lowest BCUT2D eigenvalue weighted by Gasteiger charge is -2.17. The van der Waals surface area contributed by atoms with Gasteiger partial charge in [-0.25, -0.2) is 9.98 Å². The lowest BCUT2D eigenvalue weighted by atomic mass is 10.1. The van der Waals surface area contributed by atoms with Gasteiger partial charge in [0.2, 0.25) is 5.88 Å². The first-order valence-electron chi connectivity index (χ1n) is 11.1. The topological polar surface area (TPSA) is 88.0 Å². The van der Waals surface area contributed by atoms with Crippen molar-refractivity contribution in [1.82, 2.24) is 15.6 Å². The van der Waals surface area contributed by atoms with Gasteiger partial charge in [-0.3, -0.25) is 0 Å². The highest BCUT2D eigenvalue weighted by Crippen LogP contribution is 2.29. The third-order valence-corrected chi connectivity index (χ3v) is 4.80. The summed E-state index contributed by atoms with van der Waals surface area (Å²) < 4.78 is 11.4. The van der Waals surface area contributed by atoms with E-state index in [1.807, 2.05) is 57.2 Å². The smallest absolute Gasteiger partial charge is 0.213 e. The Labute approximate surface area is 184 Å². The minimum atomic E-state index is -0.677. The van der Waals surface area contributed by atoms with Gasteiger partial charge in [-0.1, -0.05) is 18.2 Å². The molecule has 0 radical (unpaired) electrons. The molecule has 7 nitrogen and oxygen atoms in total. The number of benzene rings is 1. The summed E-state index contributed by atoms with van der Waals surface area (Å²) >= 11 is 0. The molecule has 1 aliphatic rings. The van der Waals surface area contributed by atoms with Gasteiger partial charge in [0.1, 0.15) is 5.75 Å². The molecule has 0 saturated heterocycles. The van der Waals surface area contributed by atoms with E-state index in [0.717, 1.165) is 30.0 Å². The third-order valence-electron chi connectivity index (χ3n) is 4.80. The van der Waals surface area contributed by atoms with Gasteiger partial charge in [0.15, 0.2) is 5.96 Å². The number of hydrogen-bond acceptors (Lipinski definition) is 5. The van der Waals surface area contributed by atoms with Crippen LogP contribution in [0.3, 0.4) is 0 Å². The number of ether oxygens (including phenoxy) is 2. The fourth-order valence-electron chi connectivity index (χ4n) is 2.97. The molecule has 1 unspecified atom stereocenters. The van der Waals surface area contributed by atoms with Crippen LogP contribution in [0.15, 0.2) is 47.6 Å². The van der Waals surface area contributed by atoms with Crippen LogP contribution in [0.4, 0.5) is 0 Å². The molecule has 168 valence electrons. The Balaban J connectivity index is 1.51. The van der Waals surface area contributed by atoms with Gasteiger partial charge in [-0.05, 0) is 62.8 Å². The van der Waals surface area contributed by atoms with Gasteiger partial charge in [0.05, 0.1) is 25.4 Å². The second kappa shape index (κ2) is 11.6. The summed E-state index contributed by atoms with van der Waals surface area (Å²) in [6, 6.07) is 11.4. The summed E-state index contributed by atoms with van der Waals surface area (Å²) in [4.78, 5) is 8.96. The number of rotatable bonds is 11. The second-order valence-electron chi connectivity index (χ2n) is 8.09. The SMILES string of the molecule is CCNC(=NCc1ccc(OCC2CC2)nc1)NCC(O)c1cccc(OC(C)C)c1. The molecule has 0 spiro atoms. The van der Waals surface area contributed by atoms with E-state index in [9.17, 15) is 5.11 Å². The standard InChI is InChI=1S/C24H34N4O3/c1-4-25-24(27-14-19-10-11-23(26-13-19)30-16-18-8-9-18)28-15-22(29)20-6-5-7-21(12-20)31-17(2)3/h5-7,10-13,17-18,22,29H,4,8-9,14-16H2,1-3H3,(H2,25,27,28). The van der Waals surface area contributed by atoms with E-state index in [1.54, 1.807) is 6.20 Å². The van der Waals surface area contributed by atoms with Crippen molar-refractivity contribution in [2.24, 2.45) is 10.9 Å². The Morgan fingerprint density at radius 2 is 2.06 bits per heavy atom. The number of guanidine groups is 1. The Kier molecular flexibility index (Phi) is 8.53. The number of nitrogens with one attached hydrogen (secondary N) is 2. The van der Waals surface area contributed by atoms with Crippen LogP contribution in [0, 0.1) is 5.92 Å². The number of pyridine rings is 1. The van der Waals surface area contributed by atoms with Gasteiger partial charge in [0.25, 0.3) is 0 Å². The van der Waals surface area contributed by atoms with Crippen LogP contribution >= 0.6 is 0 Å². The number of hydrogen-bond donors (Lipinski definition) is 3. The van der Waals surface area contributed by atoms with Gasteiger partial charge < -0.3 is 25.2 Å². The molecule has 3 N–H and O–H groups in total. The van der Waals surface area contributed by atoms with Crippen molar-refractivity contribution in [3.8, 4) is 11.6 Å². The quantitative estimate of drug-likeness (QED) is 0.377. The minimum Gasteiger partial charge on any atom is -0.491 e. The summed E-state index contributed by atoms with van der Waals surface area (Å²) in [7, 11) is 0. The van der Waals surface area contributed by atoms with Crippen LogP contribution in [0.25, 0.3) is 0 Å². The van der Waals surface area contributed by atoms with Crippen LogP contribution < -0.4 is 20.1 Å². The van der Waals surface area contributed by atoms with Crippen LogP contribution in [0.2, 0.25) is 0 Å². The summed E-state index contributed by atoms with van der Waals surface area (Å²) in [5.74, 6) is 2.77. The first kappa shape index (κ1) is 22.9. The van der Waals surface area contributed by atoms with E-state index in [-0.39, 0.29) is 6.10 Å². The largest absolute Gasteiger partial charge is 0.491 e. The highest BCUT2D eigenvalue weighted by Gasteiger charge is 2.22. The van der Waals surface area contributed by atoms with E-state index in [2.05, 4.69) is 20.6 Å². The van der Waals surface area contributed by atoms with Crippen LogP contribution in [-0.2, 0) is 6.54 Å². The Hall–Kier alpha value is -2.80. The van der Waals surface area contributed by atoms with E-state index in [4.69, 9.17) is 9.47 Å². The lowest BCUT2D eigenvalue weighted by Crippen LogP contribution is -2.39. The van der Waals surface area contributed by atoms with Crippen molar-refractivity contribution in [3.05, 3.63) is 53.7 Å². The minimum absolute atomic E-state index is 0.0892. The number of aliphatic imine (C=N–C) groups is 1. The van der Waals surface area contributed by atoms with Crippen LogP contribution in [0.1, 0.15) is 50.8 Å². The van der Waals surface area contributed by atoms with E-state index in [1.165, 1.54) is 12.8 Å². The number of aliphatic hydroxyl groups excluding tert-OH is 1. The molecule has 1 saturated carbocycles. The molecular formula is C24H34N4O3. The highest BCUT2D eigenvalue weighted by molar-refractivity contribution is 5.79. The first-order valence-corrected chi connectivity index (χ1v) is 11.1. The fraction of sp³-hybridized carbons (Fsp3) is 0.500. The predicted molar refractivity (Wildman–Crippen MR) is 122 cm³/mol. The molecule has 1 aromatic carbocycles. The molecule has 7 heteroatoms. The zero-order chi connectivity index (χ0) is 22.1. The molecule has 0 bridgehead atoms. The molecule has 1 fully saturated rings. The normalized spacial score (nSPS) is 14.9. The zero-order valence-corrected chi connectivity index (χ0v) is 18.7. The molecule has 0 amide bonds. The molecule has 0 aliphatic heterocycles. The molecule has 3 rings (SSSR count). The van der Waals surface area contributed by atoms with Crippen molar-refractivity contribution in [2.45, 2.75) is 52.4 Å². The number of aromatic nitrogens is 1. The summed E-state index contributed by atoms with van der Waals surface area (Å²) in [6.45, 7) is 8.28. The Morgan fingerprint density at radius 3 is 2.74 bits per heavy atom.